The summed E-state index contributed by atoms with van der Waals surface area (Å²) in [7, 11) is -3.39. The molecule has 0 radical (unpaired) electrons. The van der Waals surface area contributed by atoms with Crippen LogP contribution >= 0.6 is 0 Å². The molecular weight excluding hydrogens is 314 g/mol. The van der Waals surface area contributed by atoms with E-state index in [2.05, 4.69) is 4.72 Å². The van der Waals surface area contributed by atoms with E-state index in [1.165, 1.54) is 12.8 Å². The van der Waals surface area contributed by atoms with Crippen molar-refractivity contribution in [3.63, 3.8) is 0 Å². The van der Waals surface area contributed by atoms with Gasteiger partial charge in [-0.15, -0.1) is 0 Å². The van der Waals surface area contributed by atoms with Crippen LogP contribution in [0.15, 0.2) is 0 Å². The van der Waals surface area contributed by atoms with Gasteiger partial charge in [0.25, 0.3) is 10.2 Å². The largest absolute Gasteiger partial charge is 0.339 e. The van der Waals surface area contributed by atoms with Gasteiger partial charge >= 0.3 is 0 Å². The summed E-state index contributed by atoms with van der Waals surface area (Å²) in [6, 6.07) is 0.398. The van der Waals surface area contributed by atoms with Gasteiger partial charge in [-0.25, -0.2) is 4.72 Å². The number of rotatable bonds is 5. The van der Waals surface area contributed by atoms with E-state index in [0.717, 1.165) is 38.5 Å². The lowest BCUT2D eigenvalue weighted by atomic mass is 10.1. The first-order chi connectivity index (χ1) is 11.1. The van der Waals surface area contributed by atoms with Gasteiger partial charge in [-0.2, -0.15) is 12.7 Å². The van der Waals surface area contributed by atoms with E-state index < -0.39 is 10.2 Å². The summed E-state index contributed by atoms with van der Waals surface area (Å²) in [5.74, 6) is 0.320. The Labute approximate surface area is 139 Å². The number of hydrogen-bond acceptors (Lipinski definition) is 3. The molecule has 2 heterocycles. The van der Waals surface area contributed by atoms with E-state index in [1.54, 1.807) is 4.31 Å². The van der Waals surface area contributed by atoms with Crippen LogP contribution < -0.4 is 4.72 Å². The SMILES string of the molecule is O=C1C[C@@H](CNS(=O)(=O)N2CCCCCC2)CN1C1CCCC1. The third-order valence-electron chi connectivity index (χ3n) is 5.46. The summed E-state index contributed by atoms with van der Waals surface area (Å²) in [5.41, 5.74) is 0. The van der Waals surface area contributed by atoms with E-state index >= 15 is 0 Å². The molecule has 1 amide bonds. The number of likely N-dealkylation sites (tertiary alicyclic amines) is 1. The van der Waals surface area contributed by atoms with Crippen LogP contribution in [-0.4, -0.2) is 55.8 Å². The second kappa shape index (κ2) is 7.49. The highest BCUT2D eigenvalue weighted by molar-refractivity contribution is 7.87. The molecule has 3 fully saturated rings. The maximum atomic E-state index is 12.4. The molecular formula is C16H29N3O3S. The summed E-state index contributed by atoms with van der Waals surface area (Å²) in [5, 5.41) is 0. The molecule has 0 aromatic carbocycles. The van der Waals surface area contributed by atoms with Crippen molar-refractivity contribution in [2.24, 2.45) is 5.92 Å². The number of carbonyl (C=O) groups is 1. The molecule has 1 N–H and O–H groups in total. The zero-order chi connectivity index (χ0) is 16.3. The van der Waals surface area contributed by atoms with Crippen molar-refractivity contribution in [1.29, 1.82) is 0 Å². The molecule has 0 unspecified atom stereocenters. The topological polar surface area (TPSA) is 69.7 Å². The molecule has 0 aromatic heterocycles. The van der Waals surface area contributed by atoms with Crippen LogP contribution in [0.5, 0.6) is 0 Å². The number of hydrogen-bond donors (Lipinski definition) is 1. The number of carbonyl (C=O) groups excluding carboxylic acids is 1. The Morgan fingerprint density at radius 3 is 2.30 bits per heavy atom. The fraction of sp³-hybridized carbons (Fsp3) is 0.938. The molecule has 23 heavy (non-hydrogen) atoms. The van der Waals surface area contributed by atoms with Gasteiger partial charge in [-0.1, -0.05) is 25.7 Å². The number of nitrogens with one attached hydrogen (secondary N) is 1. The number of nitrogens with zero attached hydrogens (tertiary/aromatic N) is 2. The molecule has 2 saturated heterocycles. The molecule has 132 valence electrons. The van der Waals surface area contributed by atoms with Crippen LogP contribution in [0.3, 0.4) is 0 Å². The highest BCUT2D eigenvalue weighted by atomic mass is 32.2. The fourth-order valence-corrected chi connectivity index (χ4v) is 5.48. The Morgan fingerprint density at radius 1 is 1.00 bits per heavy atom. The highest BCUT2D eigenvalue weighted by Crippen LogP contribution is 2.29. The molecule has 7 heteroatoms. The average Bonchev–Trinajstić information content (AvgIpc) is 3.07. The minimum Gasteiger partial charge on any atom is -0.339 e. The molecule has 3 rings (SSSR count). The van der Waals surface area contributed by atoms with Gasteiger partial charge in [0.05, 0.1) is 0 Å². The molecule has 2 aliphatic heterocycles. The molecule has 3 aliphatic rings. The summed E-state index contributed by atoms with van der Waals surface area (Å²) < 4.78 is 29.2. The summed E-state index contributed by atoms with van der Waals surface area (Å²) in [4.78, 5) is 14.2. The fourth-order valence-electron chi connectivity index (χ4n) is 4.11. The summed E-state index contributed by atoms with van der Waals surface area (Å²) in [6.07, 6.45) is 9.23. The zero-order valence-corrected chi connectivity index (χ0v) is 14.7. The van der Waals surface area contributed by atoms with Crippen molar-refractivity contribution in [2.75, 3.05) is 26.2 Å². The Morgan fingerprint density at radius 2 is 1.65 bits per heavy atom. The van der Waals surface area contributed by atoms with Gasteiger partial charge in [0.1, 0.15) is 0 Å². The van der Waals surface area contributed by atoms with E-state index in [4.69, 9.17) is 0 Å². The molecule has 1 atom stereocenters. The standard InChI is InChI=1S/C16H29N3O3S/c20-16-11-14(13-19(16)15-7-3-4-8-15)12-17-23(21,22)18-9-5-1-2-6-10-18/h14-15,17H,1-13H2/t14-/m0/s1. The number of amides is 1. The zero-order valence-electron chi connectivity index (χ0n) is 13.9. The summed E-state index contributed by atoms with van der Waals surface area (Å²) in [6.45, 7) is 2.33. The first-order valence-corrected chi connectivity index (χ1v) is 10.5. The minimum atomic E-state index is -3.39. The quantitative estimate of drug-likeness (QED) is 0.822. The minimum absolute atomic E-state index is 0.116. The maximum absolute atomic E-state index is 12.4. The van der Waals surface area contributed by atoms with Gasteiger partial charge in [-0.3, -0.25) is 4.79 Å². The Hall–Kier alpha value is -0.660. The van der Waals surface area contributed by atoms with Gasteiger partial charge in [0.15, 0.2) is 0 Å². The lowest BCUT2D eigenvalue weighted by Gasteiger charge is -2.24. The van der Waals surface area contributed by atoms with Gasteiger partial charge in [0, 0.05) is 38.6 Å². The normalized spacial score (nSPS) is 28.4. The molecule has 1 aliphatic carbocycles. The molecule has 6 nitrogen and oxygen atoms in total. The Balaban J connectivity index is 1.50. The van der Waals surface area contributed by atoms with Crippen molar-refractivity contribution < 1.29 is 13.2 Å². The van der Waals surface area contributed by atoms with E-state index in [0.29, 0.717) is 38.6 Å². The van der Waals surface area contributed by atoms with Crippen LogP contribution in [0.4, 0.5) is 0 Å². The van der Waals surface area contributed by atoms with Crippen molar-refractivity contribution in [3.05, 3.63) is 0 Å². The molecule has 1 saturated carbocycles. The van der Waals surface area contributed by atoms with Crippen molar-refractivity contribution in [1.82, 2.24) is 13.9 Å². The van der Waals surface area contributed by atoms with Gasteiger partial charge in [-0.05, 0) is 31.6 Å². The summed E-state index contributed by atoms with van der Waals surface area (Å²) >= 11 is 0. The van der Waals surface area contributed by atoms with E-state index in [-0.39, 0.29) is 11.8 Å². The first-order valence-electron chi connectivity index (χ1n) is 9.10. The average molecular weight is 343 g/mol. The third kappa shape index (κ3) is 4.25. The Kier molecular flexibility index (Phi) is 5.59. The van der Waals surface area contributed by atoms with Crippen LogP contribution in [0.2, 0.25) is 0 Å². The molecule has 0 aromatic rings. The van der Waals surface area contributed by atoms with Crippen LogP contribution in [-0.2, 0) is 15.0 Å². The predicted molar refractivity (Wildman–Crippen MR) is 89.0 cm³/mol. The second-order valence-electron chi connectivity index (χ2n) is 7.22. The second-order valence-corrected chi connectivity index (χ2v) is 8.98. The maximum Gasteiger partial charge on any atom is 0.279 e. The van der Waals surface area contributed by atoms with Crippen molar-refractivity contribution >= 4 is 16.1 Å². The van der Waals surface area contributed by atoms with Crippen LogP contribution in [0, 0.1) is 5.92 Å². The van der Waals surface area contributed by atoms with Crippen LogP contribution in [0.1, 0.15) is 57.8 Å². The van der Waals surface area contributed by atoms with Gasteiger partial charge < -0.3 is 4.90 Å². The monoisotopic (exact) mass is 343 g/mol. The molecule has 0 bridgehead atoms. The van der Waals surface area contributed by atoms with Crippen molar-refractivity contribution in [2.45, 2.75) is 63.8 Å². The lowest BCUT2D eigenvalue weighted by molar-refractivity contribution is -0.129. The lowest BCUT2D eigenvalue weighted by Crippen LogP contribution is -2.43. The Bertz CT molecular complexity index is 509. The smallest absolute Gasteiger partial charge is 0.279 e. The van der Waals surface area contributed by atoms with Gasteiger partial charge in [0.2, 0.25) is 5.91 Å². The van der Waals surface area contributed by atoms with Crippen molar-refractivity contribution in [3.8, 4) is 0 Å². The third-order valence-corrected chi connectivity index (χ3v) is 7.04. The van der Waals surface area contributed by atoms with E-state index in [1.807, 2.05) is 4.90 Å². The highest BCUT2D eigenvalue weighted by Gasteiger charge is 2.36. The van der Waals surface area contributed by atoms with Crippen LogP contribution in [0.25, 0.3) is 0 Å². The first kappa shape index (κ1) is 17.2. The molecule has 0 spiro atoms. The van der Waals surface area contributed by atoms with E-state index in [9.17, 15) is 13.2 Å². The predicted octanol–water partition coefficient (Wildman–Crippen LogP) is 1.49.